The molecule has 0 saturated heterocycles. The van der Waals surface area contributed by atoms with Crippen molar-refractivity contribution in [3.8, 4) is 5.75 Å². The number of carbonyl (C=O) groups excluding carboxylic acids is 1. The molecule has 0 N–H and O–H groups in total. The second kappa shape index (κ2) is 4.94. The summed E-state index contributed by atoms with van der Waals surface area (Å²) in [7, 11) is 0. The zero-order valence-electron chi connectivity index (χ0n) is 7.88. The molecule has 0 aromatic heterocycles. The summed E-state index contributed by atoms with van der Waals surface area (Å²) in [6.45, 7) is 3.90. The molecular weight excluding hydrogens is 312 g/mol. The van der Waals surface area contributed by atoms with Gasteiger partial charge in [0.15, 0.2) is 0 Å². The maximum absolute atomic E-state index is 10.6. The Balaban J connectivity index is 3.11. The van der Waals surface area contributed by atoms with E-state index in [2.05, 4.69) is 31.9 Å². The lowest BCUT2D eigenvalue weighted by atomic mass is 10.2. The van der Waals surface area contributed by atoms with Crippen LogP contribution in [0, 0.1) is 0 Å². The van der Waals surface area contributed by atoms with E-state index in [0.717, 1.165) is 21.0 Å². The molecule has 4 heteroatoms. The summed E-state index contributed by atoms with van der Waals surface area (Å²) >= 11 is 6.71. The number of rotatable bonds is 3. The summed E-state index contributed by atoms with van der Waals surface area (Å²) in [6, 6.07) is 3.46. The van der Waals surface area contributed by atoms with Crippen LogP contribution in [0.1, 0.15) is 24.2 Å². The highest BCUT2D eigenvalue weighted by atomic mass is 79.9. The molecule has 0 aliphatic rings. The van der Waals surface area contributed by atoms with Crippen LogP contribution in [0.25, 0.3) is 0 Å². The van der Waals surface area contributed by atoms with E-state index >= 15 is 0 Å². The Labute approximate surface area is 99.9 Å². The number of benzene rings is 1. The first-order chi connectivity index (χ1) is 6.54. The third-order valence-corrected chi connectivity index (χ3v) is 2.69. The van der Waals surface area contributed by atoms with Gasteiger partial charge in [0.05, 0.1) is 15.0 Å². The predicted octanol–water partition coefficient (Wildman–Crippen LogP) is 3.81. The molecule has 0 spiro atoms. The number of hydrogen-bond donors (Lipinski definition) is 0. The molecule has 0 radical (unpaired) electrons. The van der Waals surface area contributed by atoms with Crippen molar-refractivity contribution in [1.82, 2.24) is 0 Å². The van der Waals surface area contributed by atoms with Crippen LogP contribution < -0.4 is 4.74 Å². The SMILES string of the molecule is CC(C)Oc1c(Br)cc(C=O)cc1Br. The van der Waals surface area contributed by atoms with E-state index in [4.69, 9.17) is 4.74 Å². The van der Waals surface area contributed by atoms with Gasteiger partial charge in [-0.15, -0.1) is 0 Å². The summed E-state index contributed by atoms with van der Waals surface area (Å²) in [4.78, 5) is 10.6. The standard InChI is InChI=1S/C10H10Br2O2/c1-6(2)14-10-8(11)3-7(5-13)4-9(10)12/h3-6H,1-2H3. The molecule has 1 aromatic carbocycles. The van der Waals surface area contributed by atoms with Crippen molar-refractivity contribution in [1.29, 1.82) is 0 Å². The van der Waals surface area contributed by atoms with E-state index in [1.165, 1.54) is 0 Å². The van der Waals surface area contributed by atoms with Crippen molar-refractivity contribution in [3.63, 3.8) is 0 Å². The average molecular weight is 322 g/mol. The predicted molar refractivity (Wildman–Crippen MR) is 63.0 cm³/mol. The second-order valence-corrected chi connectivity index (χ2v) is 4.81. The van der Waals surface area contributed by atoms with Crippen molar-refractivity contribution in [2.24, 2.45) is 0 Å². The third-order valence-electron chi connectivity index (χ3n) is 1.51. The lowest BCUT2D eigenvalue weighted by molar-refractivity contribution is 0.112. The second-order valence-electron chi connectivity index (χ2n) is 3.10. The number of carbonyl (C=O) groups is 1. The Kier molecular flexibility index (Phi) is 4.13. The van der Waals surface area contributed by atoms with Gasteiger partial charge in [-0.05, 0) is 57.8 Å². The summed E-state index contributed by atoms with van der Waals surface area (Å²) in [5, 5.41) is 0. The Morgan fingerprint density at radius 2 is 1.79 bits per heavy atom. The number of halogens is 2. The first kappa shape index (κ1) is 11.7. The molecule has 0 unspecified atom stereocenters. The molecule has 1 rings (SSSR count). The third kappa shape index (κ3) is 2.82. The fraction of sp³-hybridized carbons (Fsp3) is 0.300. The van der Waals surface area contributed by atoms with Crippen LogP contribution in [0.4, 0.5) is 0 Å². The lowest BCUT2D eigenvalue weighted by Crippen LogP contribution is -2.06. The van der Waals surface area contributed by atoms with Gasteiger partial charge in [0.1, 0.15) is 12.0 Å². The largest absolute Gasteiger partial charge is 0.489 e. The molecule has 0 bridgehead atoms. The topological polar surface area (TPSA) is 26.3 Å². The van der Waals surface area contributed by atoms with Crippen molar-refractivity contribution in [3.05, 3.63) is 26.6 Å². The van der Waals surface area contributed by atoms with Crippen LogP contribution in [0.5, 0.6) is 5.75 Å². The monoisotopic (exact) mass is 320 g/mol. The van der Waals surface area contributed by atoms with Gasteiger partial charge in [-0.2, -0.15) is 0 Å². The highest BCUT2D eigenvalue weighted by Gasteiger charge is 2.09. The molecule has 76 valence electrons. The Morgan fingerprint density at radius 1 is 1.29 bits per heavy atom. The summed E-state index contributed by atoms with van der Waals surface area (Å²) < 4.78 is 7.13. The first-order valence-electron chi connectivity index (χ1n) is 4.15. The highest BCUT2D eigenvalue weighted by Crippen LogP contribution is 2.34. The van der Waals surface area contributed by atoms with Crippen LogP contribution in [-0.4, -0.2) is 12.4 Å². The maximum Gasteiger partial charge on any atom is 0.150 e. The molecule has 0 fully saturated rings. The molecule has 0 aliphatic carbocycles. The summed E-state index contributed by atoms with van der Waals surface area (Å²) in [5.74, 6) is 0.727. The van der Waals surface area contributed by atoms with Gasteiger partial charge in [-0.25, -0.2) is 0 Å². The van der Waals surface area contributed by atoms with E-state index in [1.807, 2.05) is 13.8 Å². The van der Waals surface area contributed by atoms with Crippen molar-refractivity contribution in [2.45, 2.75) is 20.0 Å². The minimum absolute atomic E-state index is 0.102. The molecule has 0 atom stereocenters. The zero-order chi connectivity index (χ0) is 10.7. The van der Waals surface area contributed by atoms with E-state index in [1.54, 1.807) is 12.1 Å². The van der Waals surface area contributed by atoms with Crippen molar-refractivity contribution >= 4 is 38.1 Å². The smallest absolute Gasteiger partial charge is 0.150 e. The van der Waals surface area contributed by atoms with Gasteiger partial charge in [0.2, 0.25) is 0 Å². The van der Waals surface area contributed by atoms with Gasteiger partial charge in [0, 0.05) is 5.56 Å². The average Bonchev–Trinajstić information content (AvgIpc) is 2.10. The first-order valence-corrected chi connectivity index (χ1v) is 5.74. The lowest BCUT2D eigenvalue weighted by Gasteiger charge is -2.13. The van der Waals surface area contributed by atoms with Crippen molar-refractivity contribution in [2.75, 3.05) is 0 Å². The quantitative estimate of drug-likeness (QED) is 0.791. The minimum Gasteiger partial charge on any atom is -0.489 e. The molecule has 1 aromatic rings. The van der Waals surface area contributed by atoms with Crippen LogP contribution >= 0.6 is 31.9 Å². The summed E-state index contributed by atoms with van der Waals surface area (Å²) in [6.07, 6.45) is 0.902. The van der Waals surface area contributed by atoms with Crippen LogP contribution in [-0.2, 0) is 0 Å². The van der Waals surface area contributed by atoms with Crippen molar-refractivity contribution < 1.29 is 9.53 Å². The fourth-order valence-electron chi connectivity index (χ4n) is 0.996. The molecule has 14 heavy (non-hydrogen) atoms. The highest BCUT2D eigenvalue weighted by molar-refractivity contribution is 9.11. The molecule has 0 saturated carbocycles. The maximum atomic E-state index is 10.6. The van der Waals surface area contributed by atoms with Crippen LogP contribution in [0.3, 0.4) is 0 Å². The zero-order valence-corrected chi connectivity index (χ0v) is 11.1. The van der Waals surface area contributed by atoms with E-state index in [-0.39, 0.29) is 6.10 Å². The summed E-state index contributed by atoms with van der Waals surface area (Å²) in [5.41, 5.74) is 0.611. The van der Waals surface area contributed by atoms with Crippen LogP contribution in [0.15, 0.2) is 21.1 Å². The van der Waals surface area contributed by atoms with Gasteiger partial charge in [0.25, 0.3) is 0 Å². The minimum atomic E-state index is 0.102. The number of ether oxygens (including phenoxy) is 1. The number of aldehydes is 1. The Bertz CT molecular complexity index is 325. The molecule has 0 aliphatic heterocycles. The molecular formula is C10H10Br2O2. The van der Waals surface area contributed by atoms with E-state index in [0.29, 0.717) is 5.56 Å². The molecule has 0 heterocycles. The van der Waals surface area contributed by atoms with Gasteiger partial charge < -0.3 is 4.74 Å². The molecule has 0 amide bonds. The van der Waals surface area contributed by atoms with E-state index in [9.17, 15) is 4.79 Å². The Hall–Kier alpha value is -0.350. The van der Waals surface area contributed by atoms with Gasteiger partial charge >= 0.3 is 0 Å². The molecule has 2 nitrogen and oxygen atoms in total. The van der Waals surface area contributed by atoms with E-state index < -0.39 is 0 Å². The number of hydrogen-bond acceptors (Lipinski definition) is 2. The Morgan fingerprint density at radius 3 is 2.14 bits per heavy atom. The van der Waals surface area contributed by atoms with Gasteiger partial charge in [-0.3, -0.25) is 4.79 Å². The normalized spacial score (nSPS) is 10.4. The van der Waals surface area contributed by atoms with Crippen LogP contribution in [0.2, 0.25) is 0 Å². The fourth-order valence-corrected chi connectivity index (χ4v) is 2.40. The van der Waals surface area contributed by atoms with Gasteiger partial charge in [-0.1, -0.05) is 0 Å².